The molecular weight excluding hydrogens is 259 g/mol. The van der Waals surface area contributed by atoms with Crippen molar-refractivity contribution < 1.29 is 4.39 Å². The van der Waals surface area contributed by atoms with E-state index in [1.165, 1.54) is 12.1 Å². The second-order valence-corrected chi connectivity index (χ2v) is 6.57. The number of rotatable bonds is 3. The molecule has 1 aromatic carbocycles. The first kappa shape index (κ1) is 13.1. The van der Waals surface area contributed by atoms with Crippen LogP contribution in [0.2, 0.25) is 5.02 Å². The predicted molar refractivity (Wildman–Crippen MR) is 71.6 cm³/mol. The fourth-order valence-corrected chi connectivity index (χ4v) is 3.99. The van der Waals surface area contributed by atoms with E-state index in [9.17, 15) is 4.39 Å². The molecule has 1 aliphatic rings. The Morgan fingerprint density at radius 3 is 2.94 bits per heavy atom. The standard InChI is InChI=1S/C12H16ClFN2S/c1-12(5-2-6-17-12)11(16-15)9-7-8(14)3-4-10(9)13/h3-4,7,11,16H,2,5-6,15H2,1H3. The Labute approximate surface area is 110 Å². The molecule has 0 aliphatic carbocycles. The van der Waals surface area contributed by atoms with Crippen LogP contribution in [0.15, 0.2) is 18.2 Å². The van der Waals surface area contributed by atoms with Gasteiger partial charge in [0.2, 0.25) is 0 Å². The van der Waals surface area contributed by atoms with Crippen molar-refractivity contribution in [1.82, 2.24) is 5.43 Å². The lowest BCUT2D eigenvalue weighted by Crippen LogP contribution is -2.41. The van der Waals surface area contributed by atoms with Crippen molar-refractivity contribution in [3.8, 4) is 0 Å². The topological polar surface area (TPSA) is 38.0 Å². The normalized spacial score (nSPS) is 26.1. The Hall–Kier alpha value is -0.290. The molecule has 2 atom stereocenters. The van der Waals surface area contributed by atoms with Crippen molar-refractivity contribution in [3.05, 3.63) is 34.6 Å². The molecule has 2 rings (SSSR count). The predicted octanol–water partition coefficient (Wildman–Crippen LogP) is 3.27. The molecule has 1 saturated heterocycles. The van der Waals surface area contributed by atoms with E-state index in [1.54, 1.807) is 6.07 Å². The first-order chi connectivity index (χ1) is 8.07. The van der Waals surface area contributed by atoms with E-state index in [-0.39, 0.29) is 16.6 Å². The zero-order valence-corrected chi connectivity index (χ0v) is 11.2. The molecule has 1 fully saturated rings. The Morgan fingerprint density at radius 2 is 2.35 bits per heavy atom. The summed E-state index contributed by atoms with van der Waals surface area (Å²) in [6.07, 6.45) is 2.21. The third-order valence-corrected chi connectivity index (χ3v) is 5.23. The third-order valence-electron chi connectivity index (χ3n) is 3.30. The summed E-state index contributed by atoms with van der Waals surface area (Å²) in [6, 6.07) is 4.29. The number of hydrogen-bond donors (Lipinski definition) is 2. The number of hydrazine groups is 1. The average molecular weight is 275 g/mol. The summed E-state index contributed by atoms with van der Waals surface area (Å²) < 4.78 is 13.3. The quantitative estimate of drug-likeness (QED) is 0.656. The van der Waals surface area contributed by atoms with Gasteiger partial charge in [-0.25, -0.2) is 4.39 Å². The number of hydrogen-bond acceptors (Lipinski definition) is 3. The maximum atomic E-state index is 13.3. The number of nitrogens with two attached hydrogens (primary N) is 1. The number of halogens is 2. The maximum absolute atomic E-state index is 13.3. The Bertz CT molecular complexity index is 407. The lowest BCUT2D eigenvalue weighted by molar-refractivity contribution is 0.419. The molecule has 0 amide bonds. The maximum Gasteiger partial charge on any atom is 0.123 e. The average Bonchev–Trinajstić information content (AvgIpc) is 2.72. The highest BCUT2D eigenvalue weighted by Crippen LogP contribution is 2.47. The van der Waals surface area contributed by atoms with Crippen LogP contribution in [0.25, 0.3) is 0 Å². The molecule has 5 heteroatoms. The summed E-state index contributed by atoms with van der Waals surface area (Å²) in [6.45, 7) is 2.15. The zero-order chi connectivity index (χ0) is 12.5. The molecule has 2 unspecified atom stereocenters. The van der Waals surface area contributed by atoms with Gasteiger partial charge in [0.25, 0.3) is 0 Å². The molecule has 17 heavy (non-hydrogen) atoms. The Balaban J connectivity index is 2.37. The molecule has 0 bridgehead atoms. The lowest BCUT2D eigenvalue weighted by Gasteiger charge is -2.33. The van der Waals surface area contributed by atoms with Gasteiger partial charge in [-0.2, -0.15) is 11.8 Å². The van der Waals surface area contributed by atoms with E-state index in [2.05, 4.69) is 12.3 Å². The minimum atomic E-state index is -0.281. The third kappa shape index (κ3) is 2.60. The van der Waals surface area contributed by atoms with E-state index in [4.69, 9.17) is 17.4 Å². The summed E-state index contributed by atoms with van der Waals surface area (Å²) in [5.74, 6) is 6.48. The monoisotopic (exact) mass is 274 g/mol. The van der Waals surface area contributed by atoms with Gasteiger partial charge in [-0.15, -0.1) is 0 Å². The molecule has 3 N–H and O–H groups in total. The van der Waals surface area contributed by atoms with E-state index in [0.29, 0.717) is 5.02 Å². The first-order valence-electron chi connectivity index (χ1n) is 5.62. The highest BCUT2D eigenvalue weighted by Gasteiger charge is 2.39. The molecule has 0 spiro atoms. The molecule has 1 aromatic rings. The highest BCUT2D eigenvalue weighted by molar-refractivity contribution is 8.00. The minimum absolute atomic E-state index is 0.0216. The molecule has 0 aromatic heterocycles. The molecule has 94 valence electrons. The van der Waals surface area contributed by atoms with Crippen molar-refractivity contribution in [3.63, 3.8) is 0 Å². The van der Waals surface area contributed by atoms with Crippen LogP contribution in [0.1, 0.15) is 31.4 Å². The minimum Gasteiger partial charge on any atom is -0.271 e. The fraction of sp³-hybridized carbons (Fsp3) is 0.500. The largest absolute Gasteiger partial charge is 0.271 e. The van der Waals surface area contributed by atoms with Crippen LogP contribution in [-0.2, 0) is 0 Å². The second kappa shape index (κ2) is 5.14. The first-order valence-corrected chi connectivity index (χ1v) is 6.98. The van der Waals surface area contributed by atoms with Gasteiger partial charge in [-0.1, -0.05) is 11.6 Å². The number of benzene rings is 1. The van der Waals surface area contributed by atoms with Gasteiger partial charge in [0.1, 0.15) is 5.82 Å². The lowest BCUT2D eigenvalue weighted by atomic mass is 9.90. The van der Waals surface area contributed by atoms with E-state index >= 15 is 0 Å². The summed E-state index contributed by atoms with van der Waals surface area (Å²) >= 11 is 8.00. The van der Waals surface area contributed by atoms with Gasteiger partial charge in [-0.3, -0.25) is 11.3 Å². The molecule has 1 aliphatic heterocycles. The molecule has 1 heterocycles. The van der Waals surface area contributed by atoms with Crippen LogP contribution in [0.4, 0.5) is 4.39 Å². The summed E-state index contributed by atoms with van der Waals surface area (Å²) in [5, 5.41) is 0.558. The van der Waals surface area contributed by atoms with E-state index < -0.39 is 0 Å². The van der Waals surface area contributed by atoms with Gasteiger partial charge < -0.3 is 0 Å². The molecule has 2 nitrogen and oxygen atoms in total. The van der Waals surface area contributed by atoms with Gasteiger partial charge >= 0.3 is 0 Å². The highest BCUT2D eigenvalue weighted by atomic mass is 35.5. The number of nitrogens with one attached hydrogen (secondary N) is 1. The van der Waals surface area contributed by atoms with Crippen LogP contribution in [0, 0.1) is 5.82 Å². The van der Waals surface area contributed by atoms with E-state index in [0.717, 1.165) is 24.2 Å². The van der Waals surface area contributed by atoms with Crippen molar-refractivity contribution in [2.75, 3.05) is 5.75 Å². The molecule has 0 saturated carbocycles. The van der Waals surface area contributed by atoms with Crippen molar-refractivity contribution in [1.29, 1.82) is 0 Å². The van der Waals surface area contributed by atoms with Crippen molar-refractivity contribution in [2.45, 2.75) is 30.6 Å². The fourth-order valence-electron chi connectivity index (χ4n) is 2.36. The zero-order valence-electron chi connectivity index (χ0n) is 9.67. The van der Waals surface area contributed by atoms with Crippen molar-refractivity contribution in [2.24, 2.45) is 5.84 Å². The summed E-state index contributed by atoms with van der Waals surface area (Å²) in [4.78, 5) is 0. The number of thioether (sulfide) groups is 1. The summed E-state index contributed by atoms with van der Waals surface area (Å²) in [7, 11) is 0. The van der Waals surface area contributed by atoms with Gasteiger partial charge in [0.15, 0.2) is 0 Å². The molecule has 0 radical (unpaired) electrons. The van der Waals surface area contributed by atoms with Crippen LogP contribution in [-0.4, -0.2) is 10.5 Å². The molecular formula is C12H16ClFN2S. The van der Waals surface area contributed by atoms with Crippen LogP contribution in [0.5, 0.6) is 0 Å². The Kier molecular flexibility index (Phi) is 3.98. The van der Waals surface area contributed by atoms with Crippen LogP contribution < -0.4 is 11.3 Å². The summed E-state index contributed by atoms with van der Waals surface area (Å²) in [5.41, 5.74) is 3.54. The van der Waals surface area contributed by atoms with Crippen LogP contribution in [0.3, 0.4) is 0 Å². The van der Waals surface area contributed by atoms with E-state index in [1.807, 2.05) is 11.8 Å². The Morgan fingerprint density at radius 1 is 1.59 bits per heavy atom. The van der Waals surface area contributed by atoms with Crippen LogP contribution >= 0.6 is 23.4 Å². The van der Waals surface area contributed by atoms with Gasteiger partial charge in [-0.05, 0) is 49.3 Å². The SMILES string of the molecule is CC1(C(NN)c2cc(F)ccc2Cl)CCCS1. The second-order valence-electron chi connectivity index (χ2n) is 4.53. The van der Waals surface area contributed by atoms with Crippen molar-refractivity contribution >= 4 is 23.4 Å². The van der Waals surface area contributed by atoms with Gasteiger partial charge in [0.05, 0.1) is 6.04 Å². The van der Waals surface area contributed by atoms with Gasteiger partial charge in [0, 0.05) is 9.77 Å². The smallest absolute Gasteiger partial charge is 0.123 e.